The molecule has 6 heteroatoms. The van der Waals surface area contributed by atoms with Gasteiger partial charge in [-0.25, -0.2) is 8.78 Å². The van der Waals surface area contributed by atoms with Crippen molar-refractivity contribution in [3.8, 4) is 16.9 Å². The van der Waals surface area contributed by atoms with Crippen LogP contribution in [0.1, 0.15) is 12.0 Å². The summed E-state index contributed by atoms with van der Waals surface area (Å²) in [4.78, 5) is 0. The van der Waals surface area contributed by atoms with Crippen LogP contribution in [0, 0.1) is 0 Å². The molecular formula is C14H9Cl3F2O. The van der Waals surface area contributed by atoms with Crippen LogP contribution in [0.15, 0.2) is 30.3 Å². The molecule has 106 valence electrons. The summed E-state index contributed by atoms with van der Waals surface area (Å²) in [7, 11) is 1.45. The highest BCUT2D eigenvalue weighted by Crippen LogP contribution is 2.41. The zero-order valence-corrected chi connectivity index (χ0v) is 12.5. The van der Waals surface area contributed by atoms with Gasteiger partial charge >= 0.3 is 0 Å². The number of hydrogen-bond donors (Lipinski definition) is 0. The van der Waals surface area contributed by atoms with Crippen LogP contribution >= 0.6 is 34.8 Å². The van der Waals surface area contributed by atoms with Crippen LogP contribution in [0.3, 0.4) is 0 Å². The molecule has 0 N–H and O–H groups in total. The van der Waals surface area contributed by atoms with Gasteiger partial charge in [0.05, 0.1) is 17.2 Å². The highest BCUT2D eigenvalue weighted by atomic mass is 35.5. The molecule has 0 saturated heterocycles. The summed E-state index contributed by atoms with van der Waals surface area (Å²) in [6, 6.07) is 7.12. The second-order valence-corrected chi connectivity index (χ2v) is 5.23. The van der Waals surface area contributed by atoms with Crippen molar-refractivity contribution in [1.29, 1.82) is 0 Å². The van der Waals surface area contributed by atoms with Gasteiger partial charge in [0.2, 0.25) is 0 Å². The lowest BCUT2D eigenvalue weighted by molar-refractivity contribution is 0.151. The normalized spacial score (nSPS) is 10.9. The highest BCUT2D eigenvalue weighted by molar-refractivity contribution is 6.45. The van der Waals surface area contributed by atoms with Crippen molar-refractivity contribution < 1.29 is 13.5 Å². The van der Waals surface area contributed by atoms with Gasteiger partial charge in [-0.2, -0.15) is 0 Å². The molecule has 2 aromatic carbocycles. The molecule has 0 aliphatic heterocycles. The summed E-state index contributed by atoms with van der Waals surface area (Å²) in [5.74, 6) is 0.412. The van der Waals surface area contributed by atoms with Crippen LogP contribution in [0.5, 0.6) is 5.75 Å². The number of ether oxygens (including phenoxy) is 1. The standard InChI is InChI=1S/C14H9Cl3F2O/c1-20-12-3-2-7(14(18)19)4-9(12)10-5-8(15)6-11(16)13(10)17/h2-6,14H,1H3. The Morgan fingerprint density at radius 2 is 1.70 bits per heavy atom. The summed E-state index contributed by atoms with van der Waals surface area (Å²) in [6.07, 6.45) is -2.59. The van der Waals surface area contributed by atoms with Crippen molar-refractivity contribution in [3.63, 3.8) is 0 Å². The predicted molar refractivity (Wildman–Crippen MR) is 78.4 cm³/mol. The fourth-order valence-electron chi connectivity index (χ4n) is 1.82. The Bertz CT molecular complexity index is 645. The van der Waals surface area contributed by atoms with E-state index in [1.807, 2.05) is 0 Å². The smallest absolute Gasteiger partial charge is 0.263 e. The monoisotopic (exact) mass is 336 g/mol. The van der Waals surface area contributed by atoms with Gasteiger partial charge in [0.25, 0.3) is 6.43 Å². The largest absolute Gasteiger partial charge is 0.496 e. The number of alkyl halides is 2. The molecule has 0 atom stereocenters. The first-order valence-electron chi connectivity index (χ1n) is 5.55. The average Bonchev–Trinajstić information content (AvgIpc) is 2.42. The maximum atomic E-state index is 12.8. The Labute approximate surface area is 130 Å². The first-order valence-corrected chi connectivity index (χ1v) is 6.68. The first-order chi connectivity index (χ1) is 9.43. The summed E-state index contributed by atoms with van der Waals surface area (Å²) in [5.41, 5.74) is 0.733. The van der Waals surface area contributed by atoms with Crippen molar-refractivity contribution in [3.05, 3.63) is 51.0 Å². The summed E-state index contributed by atoms with van der Waals surface area (Å²) < 4.78 is 30.8. The van der Waals surface area contributed by atoms with Crippen LogP contribution in [-0.4, -0.2) is 7.11 Å². The molecule has 0 amide bonds. The average molecular weight is 338 g/mol. The van der Waals surface area contributed by atoms with Crippen LogP contribution in [0.2, 0.25) is 15.1 Å². The molecule has 0 bridgehead atoms. The molecule has 0 aliphatic rings. The Morgan fingerprint density at radius 3 is 2.30 bits per heavy atom. The van der Waals surface area contributed by atoms with E-state index in [2.05, 4.69) is 0 Å². The minimum absolute atomic E-state index is 0.132. The molecule has 20 heavy (non-hydrogen) atoms. The zero-order valence-electron chi connectivity index (χ0n) is 10.3. The summed E-state index contributed by atoms with van der Waals surface area (Å²) >= 11 is 18.0. The van der Waals surface area contributed by atoms with E-state index in [1.165, 1.54) is 31.4 Å². The van der Waals surface area contributed by atoms with Crippen molar-refractivity contribution in [1.82, 2.24) is 0 Å². The molecule has 0 heterocycles. The lowest BCUT2D eigenvalue weighted by Gasteiger charge is -2.13. The van der Waals surface area contributed by atoms with Gasteiger partial charge in [-0.3, -0.25) is 0 Å². The lowest BCUT2D eigenvalue weighted by atomic mass is 10.0. The third-order valence-corrected chi connectivity index (χ3v) is 3.78. The van der Waals surface area contributed by atoms with Gasteiger partial charge in [0, 0.05) is 21.7 Å². The molecule has 0 fully saturated rings. The van der Waals surface area contributed by atoms with Crippen LogP contribution in [-0.2, 0) is 0 Å². The quantitative estimate of drug-likeness (QED) is 0.601. The molecule has 0 spiro atoms. The van der Waals surface area contributed by atoms with E-state index in [0.29, 0.717) is 21.9 Å². The molecule has 0 aromatic heterocycles. The minimum Gasteiger partial charge on any atom is -0.496 e. The van der Waals surface area contributed by atoms with E-state index in [9.17, 15) is 8.78 Å². The van der Waals surface area contributed by atoms with Crippen molar-refractivity contribution >= 4 is 34.8 Å². The summed E-state index contributed by atoms with van der Waals surface area (Å²) in [5, 5.41) is 0.846. The molecule has 0 aliphatic carbocycles. The topological polar surface area (TPSA) is 9.23 Å². The van der Waals surface area contributed by atoms with E-state index in [0.717, 1.165) is 0 Å². The minimum atomic E-state index is -2.59. The number of rotatable bonds is 3. The first kappa shape index (κ1) is 15.4. The number of hydrogen-bond acceptors (Lipinski definition) is 1. The van der Waals surface area contributed by atoms with Gasteiger partial charge in [-0.05, 0) is 30.3 Å². The molecular weight excluding hydrogens is 329 g/mol. The van der Waals surface area contributed by atoms with E-state index >= 15 is 0 Å². The molecule has 0 saturated carbocycles. The molecule has 0 radical (unpaired) electrons. The molecule has 0 unspecified atom stereocenters. The molecule has 2 rings (SSSR count). The lowest BCUT2D eigenvalue weighted by Crippen LogP contribution is -1.92. The number of benzene rings is 2. The van der Waals surface area contributed by atoms with Crippen LogP contribution < -0.4 is 4.74 Å². The third-order valence-electron chi connectivity index (χ3n) is 2.76. The van der Waals surface area contributed by atoms with Crippen molar-refractivity contribution in [2.45, 2.75) is 6.43 Å². The van der Waals surface area contributed by atoms with E-state index in [1.54, 1.807) is 6.07 Å². The fourth-order valence-corrected chi connectivity index (χ4v) is 2.53. The van der Waals surface area contributed by atoms with Crippen molar-refractivity contribution in [2.24, 2.45) is 0 Å². The Morgan fingerprint density at radius 1 is 1.00 bits per heavy atom. The van der Waals surface area contributed by atoms with Gasteiger partial charge < -0.3 is 4.74 Å². The molecule has 2 aromatic rings. The number of halogens is 5. The number of methoxy groups -OCH3 is 1. The fraction of sp³-hybridized carbons (Fsp3) is 0.143. The van der Waals surface area contributed by atoms with E-state index < -0.39 is 6.43 Å². The van der Waals surface area contributed by atoms with Gasteiger partial charge in [-0.15, -0.1) is 0 Å². The van der Waals surface area contributed by atoms with Gasteiger partial charge in [-0.1, -0.05) is 34.8 Å². The maximum Gasteiger partial charge on any atom is 0.263 e. The van der Waals surface area contributed by atoms with Gasteiger partial charge in [0.15, 0.2) is 0 Å². The van der Waals surface area contributed by atoms with Crippen LogP contribution in [0.25, 0.3) is 11.1 Å². The SMILES string of the molecule is COc1ccc(C(F)F)cc1-c1cc(Cl)cc(Cl)c1Cl. The Balaban J connectivity index is 2.70. The second kappa shape index (κ2) is 6.17. The second-order valence-electron chi connectivity index (χ2n) is 4.01. The van der Waals surface area contributed by atoms with E-state index in [-0.39, 0.29) is 15.6 Å². The van der Waals surface area contributed by atoms with E-state index in [4.69, 9.17) is 39.5 Å². The van der Waals surface area contributed by atoms with Crippen molar-refractivity contribution in [2.75, 3.05) is 7.11 Å². The predicted octanol–water partition coefficient (Wildman–Crippen LogP) is 6.26. The Kier molecular flexibility index (Phi) is 4.74. The van der Waals surface area contributed by atoms with Crippen LogP contribution in [0.4, 0.5) is 8.78 Å². The maximum absolute atomic E-state index is 12.8. The molecule has 1 nitrogen and oxygen atoms in total. The third kappa shape index (κ3) is 3.00. The van der Waals surface area contributed by atoms with Gasteiger partial charge in [0.1, 0.15) is 5.75 Å². The highest BCUT2D eigenvalue weighted by Gasteiger charge is 2.16. The Hall–Kier alpha value is -1.03. The summed E-state index contributed by atoms with van der Waals surface area (Å²) in [6.45, 7) is 0. The zero-order chi connectivity index (χ0) is 14.9.